The smallest absolute Gasteiger partial charge is 0.295 e. The highest BCUT2D eigenvalue weighted by Gasteiger charge is 2.17. The van der Waals surface area contributed by atoms with E-state index in [9.17, 15) is 25.9 Å². The first-order valence-electron chi connectivity index (χ1n) is 11.6. The van der Waals surface area contributed by atoms with Gasteiger partial charge in [-0.05, 0) is 55.0 Å². The molecule has 5 aromatic carbocycles. The number of anilines is 2. The molecule has 5 aromatic rings. The molecule has 0 saturated heterocycles. The van der Waals surface area contributed by atoms with Crippen molar-refractivity contribution in [2.24, 2.45) is 10.2 Å². The van der Waals surface area contributed by atoms with Gasteiger partial charge in [-0.3, -0.25) is 9.11 Å². The molecule has 0 aromatic heterocycles. The summed E-state index contributed by atoms with van der Waals surface area (Å²) in [5.74, 6) is 0. The number of aryl methyl sites for hydroxylation is 1. The predicted molar refractivity (Wildman–Crippen MR) is 150 cm³/mol. The van der Waals surface area contributed by atoms with Crippen LogP contribution in [0.4, 0.5) is 22.7 Å². The van der Waals surface area contributed by atoms with E-state index in [1.807, 2.05) is 24.3 Å². The maximum atomic E-state index is 11.9. The first-order chi connectivity index (χ1) is 18.5. The van der Waals surface area contributed by atoms with Gasteiger partial charge in [-0.2, -0.15) is 16.8 Å². The lowest BCUT2D eigenvalue weighted by molar-refractivity contribution is 0.481. The highest BCUT2D eigenvalue weighted by atomic mass is 32.2. The maximum absolute atomic E-state index is 11.9. The summed E-state index contributed by atoms with van der Waals surface area (Å²) >= 11 is 0. The Morgan fingerprint density at radius 3 is 2.00 bits per heavy atom. The molecule has 0 unspecified atom stereocenters. The molecule has 0 fully saturated rings. The number of hydrogen-bond acceptors (Lipinski definition) is 8. The third kappa shape index (κ3) is 5.45. The van der Waals surface area contributed by atoms with E-state index in [1.54, 1.807) is 49.4 Å². The number of fused-ring (bicyclic) bond motifs is 2. The minimum Gasteiger partial charge on any atom is -0.301 e. The Kier molecular flexibility index (Phi) is 6.78. The number of rotatable bonds is 7. The van der Waals surface area contributed by atoms with Gasteiger partial charge in [0, 0.05) is 21.5 Å². The fraction of sp³-hybridized carbons (Fsp3) is 0.0370. The molecule has 0 spiro atoms. The molecule has 0 heterocycles. The Morgan fingerprint density at radius 2 is 1.28 bits per heavy atom. The molecule has 10 nitrogen and oxygen atoms in total. The summed E-state index contributed by atoms with van der Waals surface area (Å²) in [6, 6.07) is 24.8. The highest BCUT2D eigenvalue weighted by Crippen LogP contribution is 2.36. The standard InChI is InChI=1S/C27H22N4O6S2/c1-17-12-13-25(22-10-5-11-26(27(17)22)39(35,36)37)31-30-24-15-14-23(20-8-2-3-9-21(20)24)29-28-18-6-4-7-19(16-18)38(32,33)34/h2-16,28-29H,1H3,(H,32,33,34)(H,35,36,37)/b31-30+. The van der Waals surface area contributed by atoms with Gasteiger partial charge in [0.2, 0.25) is 0 Å². The van der Waals surface area contributed by atoms with Crippen LogP contribution < -0.4 is 10.9 Å². The Morgan fingerprint density at radius 1 is 0.641 bits per heavy atom. The van der Waals surface area contributed by atoms with Gasteiger partial charge in [-0.15, -0.1) is 10.2 Å². The van der Waals surface area contributed by atoms with Crippen LogP contribution in [0.2, 0.25) is 0 Å². The monoisotopic (exact) mass is 562 g/mol. The van der Waals surface area contributed by atoms with Crippen LogP contribution in [0.5, 0.6) is 0 Å². The molecule has 0 aliphatic rings. The summed E-state index contributed by atoms with van der Waals surface area (Å²) < 4.78 is 65.7. The summed E-state index contributed by atoms with van der Waals surface area (Å²) in [6.07, 6.45) is 0. The van der Waals surface area contributed by atoms with Crippen LogP contribution in [0.1, 0.15) is 5.56 Å². The van der Waals surface area contributed by atoms with E-state index in [1.165, 1.54) is 24.3 Å². The van der Waals surface area contributed by atoms with Crippen molar-refractivity contribution in [3.63, 3.8) is 0 Å². The molecule has 0 saturated carbocycles. The molecule has 0 aliphatic heterocycles. The molecular formula is C27H22N4O6S2. The van der Waals surface area contributed by atoms with Crippen molar-refractivity contribution in [2.45, 2.75) is 16.7 Å². The minimum atomic E-state index is -4.43. The number of nitrogens with one attached hydrogen (secondary N) is 2. The van der Waals surface area contributed by atoms with Gasteiger partial charge in [0.05, 0.1) is 27.6 Å². The van der Waals surface area contributed by atoms with Crippen LogP contribution in [0.3, 0.4) is 0 Å². The maximum Gasteiger partial charge on any atom is 0.295 e. The summed E-state index contributed by atoms with van der Waals surface area (Å²) in [7, 11) is -8.77. The van der Waals surface area contributed by atoms with Gasteiger partial charge in [-0.25, -0.2) is 0 Å². The Bertz CT molecular complexity index is 1990. The average molecular weight is 563 g/mol. The summed E-state index contributed by atoms with van der Waals surface area (Å²) in [4.78, 5) is -0.424. The second kappa shape index (κ2) is 10.1. The van der Waals surface area contributed by atoms with Gasteiger partial charge < -0.3 is 10.9 Å². The van der Waals surface area contributed by atoms with Crippen LogP contribution in [0, 0.1) is 6.92 Å². The van der Waals surface area contributed by atoms with Gasteiger partial charge in [0.15, 0.2) is 0 Å². The Balaban J connectivity index is 1.50. The number of benzene rings is 5. The van der Waals surface area contributed by atoms with E-state index in [2.05, 4.69) is 21.1 Å². The van der Waals surface area contributed by atoms with Crippen molar-refractivity contribution in [1.82, 2.24) is 0 Å². The van der Waals surface area contributed by atoms with Crippen LogP contribution in [-0.4, -0.2) is 25.9 Å². The highest BCUT2D eigenvalue weighted by molar-refractivity contribution is 7.86. The van der Waals surface area contributed by atoms with Crippen LogP contribution in [-0.2, 0) is 20.2 Å². The van der Waals surface area contributed by atoms with Crippen molar-refractivity contribution < 1.29 is 25.9 Å². The lowest BCUT2D eigenvalue weighted by atomic mass is 10.0. The number of hydrogen-bond donors (Lipinski definition) is 4. The number of hydrazine groups is 1. The molecule has 12 heteroatoms. The molecule has 0 amide bonds. The fourth-order valence-electron chi connectivity index (χ4n) is 4.29. The van der Waals surface area contributed by atoms with Crippen LogP contribution in [0.15, 0.2) is 111 Å². The second-order valence-electron chi connectivity index (χ2n) is 8.69. The van der Waals surface area contributed by atoms with Crippen molar-refractivity contribution in [3.05, 3.63) is 96.6 Å². The quantitative estimate of drug-likeness (QED) is 0.0975. The third-order valence-corrected chi connectivity index (χ3v) is 7.85. The summed E-state index contributed by atoms with van der Waals surface area (Å²) in [5, 5.41) is 11.3. The van der Waals surface area contributed by atoms with Gasteiger partial charge in [0.25, 0.3) is 20.2 Å². The molecule has 0 aliphatic carbocycles. The predicted octanol–water partition coefficient (Wildman–Crippen LogP) is 6.65. The van der Waals surface area contributed by atoms with E-state index < -0.39 is 20.2 Å². The summed E-state index contributed by atoms with van der Waals surface area (Å²) in [6.45, 7) is 1.75. The fourth-order valence-corrected chi connectivity index (χ4v) is 5.60. The molecular weight excluding hydrogens is 540 g/mol. The van der Waals surface area contributed by atoms with Crippen LogP contribution in [0.25, 0.3) is 21.5 Å². The van der Waals surface area contributed by atoms with E-state index in [0.29, 0.717) is 39.1 Å². The second-order valence-corrected chi connectivity index (χ2v) is 11.5. The van der Waals surface area contributed by atoms with E-state index in [4.69, 9.17) is 0 Å². The van der Waals surface area contributed by atoms with E-state index in [-0.39, 0.29) is 9.79 Å². The normalized spacial score (nSPS) is 12.3. The lowest BCUT2D eigenvalue weighted by Crippen LogP contribution is -2.09. The van der Waals surface area contributed by atoms with Crippen LogP contribution >= 0.6 is 0 Å². The first-order valence-corrected chi connectivity index (χ1v) is 14.4. The van der Waals surface area contributed by atoms with Gasteiger partial charge in [0.1, 0.15) is 4.90 Å². The van der Waals surface area contributed by atoms with Gasteiger partial charge >= 0.3 is 0 Å². The lowest BCUT2D eigenvalue weighted by Gasteiger charge is -2.14. The molecule has 0 atom stereocenters. The number of azo groups is 1. The Labute approximate surface area is 224 Å². The number of nitrogens with zero attached hydrogens (tertiary/aromatic N) is 2. The molecule has 0 bridgehead atoms. The zero-order valence-electron chi connectivity index (χ0n) is 20.4. The Hall–Kier alpha value is -4.36. The van der Waals surface area contributed by atoms with Crippen molar-refractivity contribution in [3.8, 4) is 0 Å². The average Bonchev–Trinajstić information content (AvgIpc) is 2.91. The minimum absolute atomic E-state index is 0.190. The zero-order chi connectivity index (χ0) is 27.8. The van der Waals surface area contributed by atoms with Crippen molar-refractivity contribution in [1.29, 1.82) is 0 Å². The first kappa shape index (κ1) is 26.3. The van der Waals surface area contributed by atoms with Crippen molar-refractivity contribution >= 4 is 64.5 Å². The summed E-state index contributed by atoms with van der Waals surface area (Å²) in [5.41, 5.74) is 8.77. The largest absolute Gasteiger partial charge is 0.301 e. The zero-order valence-corrected chi connectivity index (χ0v) is 22.0. The SMILES string of the molecule is Cc1ccc(/N=N/c2ccc(NNc3cccc(S(=O)(=O)O)c3)c3ccccc23)c2cccc(S(=O)(=O)O)c12. The molecule has 39 heavy (non-hydrogen) atoms. The molecule has 198 valence electrons. The molecule has 4 N–H and O–H groups in total. The van der Waals surface area contributed by atoms with E-state index in [0.717, 1.165) is 10.8 Å². The van der Waals surface area contributed by atoms with Crippen molar-refractivity contribution in [2.75, 3.05) is 10.9 Å². The molecule has 0 radical (unpaired) electrons. The topological polar surface area (TPSA) is 158 Å². The van der Waals surface area contributed by atoms with E-state index >= 15 is 0 Å². The third-order valence-electron chi connectivity index (χ3n) is 6.11. The molecule has 5 rings (SSSR count). The van der Waals surface area contributed by atoms with Gasteiger partial charge in [-0.1, -0.05) is 48.5 Å².